The third kappa shape index (κ3) is 13.0. The first-order chi connectivity index (χ1) is 50.7. The molecule has 0 saturated carbocycles. The number of aryl methyl sites for hydroxylation is 1. The van der Waals surface area contributed by atoms with Gasteiger partial charge in [-0.05, 0) is 140 Å². The fourth-order valence-corrected chi connectivity index (χ4v) is 14.6. The van der Waals surface area contributed by atoms with Crippen LogP contribution in [0.5, 0.6) is 0 Å². The first kappa shape index (κ1) is 66.5. The van der Waals surface area contributed by atoms with Gasteiger partial charge in [0.1, 0.15) is 29.2 Å². The normalized spacial score (nSPS) is 15.9. The summed E-state index contributed by atoms with van der Waals surface area (Å²) in [7, 11) is 0. The summed E-state index contributed by atoms with van der Waals surface area (Å²) < 4.78 is 19.9. The molecule has 0 aliphatic carbocycles. The monoisotopic (exact) mass is 1410 g/mol. The average molecular weight is 1410 g/mol. The molecule has 0 spiro atoms. The quantitative estimate of drug-likeness (QED) is 0.0549. The third-order valence-corrected chi connectivity index (χ3v) is 20.2. The number of nitriles is 1. The number of hydrogen-bond acceptors (Lipinski definition) is 20. The van der Waals surface area contributed by atoms with Gasteiger partial charge in [0.05, 0.1) is 123 Å². The van der Waals surface area contributed by atoms with Crippen molar-refractivity contribution in [2.45, 2.75) is 83.4 Å². The maximum atomic E-state index is 14.6. The van der Waals surface area contributed by atoms with Crippen molar-refractivity contribution in [3.8, 4) is 39.7 Å². The lowest BCUT2D eigenvalue weighted by molar-refractivity contribution is 0.0958. The predicted molar refractivity (Wildman–Crippen MR) is 393 cm³/mol. The number of rotatable bonds is 12. The number of piperidine rings is 3. The smallest absolute Gasteiger partial charge is 0.254 e. The van der Waals surface area contributed by atoms with E-state index in [9.17, 15) is 34.1 Å². The Morgan fingerprint density at radius 1 is 0.500 bits per heavy atom. The maximum Gasteiger partial charge on any atom is 0.254 e. The van der Waals surface area contributed by atoms with E-state index >= 15 is 0 Å². The van der Waals surface area contributed by atoms with Crippen LogP contribution in [-0.2, 0) is 19.6 Å². The number of aliphatic hydroxyl groups excluding tert-OH is 3. The lowest BCUT2D eigenvalue weighted by atomic mass is 9.97. The highest BCUT2D eigenvalue weighted by Gasteiger charge is 2.32. The van der Waals surface area contributed by atoms with E-state index in [1.165, 1.54) is 6.07 Å². The number of anilines is 9. The molecule has 3 aromatic carbocycles. The minimum absolute atomic E-state index is 0.0600. The van der Waals surface area contributed by atoms with Gasteiger partial charge in [-0.2, -0.15) is 10.4 Å². The molecule has 3 fully saturated rings. The molecule has 0 bridgehead atoms. The summed E-state index contributed by atoms with van der Waals surface area (Å²) in [5.74, 6) is 0.841. The Hall–Kier alpha value is -12.1. The van der Waals surface area contributed by atoms with Crippen molar-refractivity contribution in [1.29, 1.82) is 5.26 Å². The summed E-state index contributed by atoms with van der Waals surface area (Å²) in [6.07, 6.45) is 21.8. The largest absolute Gasteiger partial charge is 0.393 e. The number of carbonyl (C=O) groups excluding carboxylic acids is 3. The van der Waals surface area contributed by atoms with Gasteiger partial charge in [-0.15, -0.1) is 0 Å². The van der Waals surface area contributed by atoms with E-state index < -0.39 is 5.82 Å². The van der Waals surface area contributed by atoms with E-state index in [1.807, 2.05) is 127 Å². The fraction of sp³-hybridized carbons (Fsp3) is 0.250. The predicted octanol–water partition coefficient (Wildman–Crippen LogP) is 10.4. The van der Waals surface area contributed by atoms with Gasteiger partial charge >= 0.3 is 0 Å². The highest BCUT2D eigenvalue weighted by molar-refractivity contribution is 6.30. The first-order valence-electron chi connectivity index (χ1n) is 34.5. The number of pyridine rings is 5. The topological polar surface area (TPSA) is 321 Å². The Morgan fingerprint density at radius 2 is 0.933 bits per heavy atom. The number of nitrogens with one attached hydrogen (secondary N) is 6. The molecule has 26 nitrogen and oxygen atoms in total. The number of amides is 3. The molecule has 15 heterocycles. The minimum atomic E-state index is -0.675. The number of fused-ring (bicyclic) bond motifs is 6. The van der Waals surface area contributed by atoms with Crippen LogP contribution in [0.4, 0.5) is 56.0 Å². The van der Waals surface area contributed by atoms with Crippen LogP contribution >= 0.6 is 11.6 Å². The molecule has 9 N–H and O–H groups in total. The van der Waals surface area contributed by atoms with Crippen molar-refractivity contribution in [2.24, 2.45) is 0 Å². The second-order valence-corrected chi connectivity index (χ2v) is 26.9. The molecule has 3 saturated heterocycles. The van der Waals surface area contributed by atoms with Gasteiger partial charge < -0.3 is 61.9 Å². The molecule has 6 aliphatic rings. The van der Waals surface area contributed by atoms with Crippen molar-refractivity contribution < 1.29 is 34.1 Å². The van der Waals surface area contributed by atoms with Crippen LogP contribution in [-0.4, -0.2) is 139 Å². The third-order valence-electron chi connectivity index (χ3n) is 20.0. The number of carbonyl (C=O) groups is 3. The molecule has 0 unspecified atom stereocenters. The number of aromatic nitrogens is 10. The van der Waals surface area contributed by atoms with Crippen LogP contribution in [0.15, 0.2) is 153 Å². The summed E-state index contributed by atoms with van der Waals surface area (Å²) in [4.78, 5) is 71.8. The molecular weight excluding hydrogens is 1340 g/mol. The second-order valence-electron chi connectivity index (χ2n) is 26.5. The van der Waals surface area contributed by atoms with Crippen LogP contribution in [0.1, 0.15) is 97.4 Å². The van der Waals surface area contributed by atoms with Gasteiger partial charge in [-0.1, -0.05) is 29.8 Å². The zero-order valence-corrected chi connectivity index (χ0v) is 57.1. The summed E-state index contributed by atoms with van der Waals surface area (Å²) in [6, 6.07) is 30.1. The zero-order valence-electron chi connectivity index (χ0n) is 56.4. The maximum absolute atomic E-state index is 14.6. The highest BCUT2D eigenvalue weighted by atomic mass is 35.5. The lowest BCUT2D eigenvalue weighted by Crippen LogP contribution is -2.35. The van der Waals surface area contributed by atoms with Crippen molar-refractivity contribution in [1.82, 2.24) is 64.3 Å². The minimum Gasteiger partial charge on any atom is -0.393 e. The Kier molecular flexibility index (Phi) is 17.9. The van der Waals surface area contributed by atoms with Crippen LogP contribution < -0.4 is 46.6 Å². The van der Waals surface area contributed by atoms with Crippen molar-refractivity contribution in [3.63, 3.8) is 0 Å². The van der Waals surface area contributed by atoms with E-state index in [0.29, 0.717) is 75.9 Å². The molecular formula is C76H70ClFN20O6. The molecule has 0 radical (unpaired) electrons. The van der Waals surface area contributed by atoms with E-state index in [0.717, 1.165) is 162 Å². The zero-order chi connectivity index (χ0) is 71.3. The van der Waals surface area contributed by atoms with Gasteiger partial charge in [0.15, 0.2) is 17.1 Å². The molecule has 12 aromatic rings. The van der Waals surface area contributed by atoms with Gasteiger partial charge in [0.2, 0.25) is 0 Å². The van der Waals surface area contributed by atoms with E-state index in [2.05, 4.69) is 81.6 Å². The fourth-order valence-electron chi connectivity index (χ4n) is 14.4. The number of benzene rings is 3. The molecule has 0 atom stereocenters. The Labute approximate surface area is 599 Å². The molecule has 524 valence electrons. The molecule has 9 aromatic heterocycles. The highest BCUT2D eigenvalue weighted by Crippen LogP contribution is 2.40. The number of halogens is 2. The lowest BCUT2D eigenvalue weighted by Gasteiger charge is -2.31. The molecule has 28 heteroatoms. The van der Waals surface area contributed by atoms with Crippen LogP contribution in [0.3, 0.4) is 0 Å². The number of nitrogens with zero attached hydrogens (tertiary/aromatic N) is 14. The van der Waals surface area contributed by atoms with Crippen molar-refractivity contribution in [2.75, 3.05) is 69.9 Å². The first-order valence-corrected chi connectivity index (χ1v) is 34.8. The molecule has 3 amide bonds. The molecule has 18 rings (SSSR count). The Morgan fingerprint density at radius 3 is 1.39 bits per heavy atom. The number of imidazole rings is 2. The average Bonchev–Trinajstić information content (AvgIpc) is 1.61. The SMILES string of the molecule is Cc1cnc2c(-c3ccc(Nc4ccc(N5CCC(O)CC5)cn4)c4c3CNC4=O)cnn2c1.N#Cc1ccn2c(-c3ccc(Nc4ccc(N5CCC(O)CC5)cn4)c4c3CNC4=O)cnc2c1F.O=C1NCc2c(-c3cnc4cc(Cl)ccn34)ccc(Nc3ccc(N4CCC(O)CC4)cn3)c21. The number of hydrogen-bond donors (Lipinski definition) is 9. The van der Waals surface area contributed by atoms with Gasteiger partial charge in [-0.25, -0.2) is 38.8 Å². The summed E-state index contributed by atoms with van der Waals surface area (Å²) in [5.41, 5.74) is 17.1. The Balaban J connectivity index is 0.000000120. The van der Waals surface area contributed by atoms with E-state index in [4.69, 9.17) is 16.9 Å². The van der Waals surface area contributed by atoms with Gasteiger partial charge in [-0.3, -0.25) is 23.2 Å². The van der Waals surface area contributed by atoms with Crippen molar-refractivity contribution >= 4 is 97.8 Å². The molecule has 104 heavy (non-hydrogen) atoms. The van der Waals surface area contributed by atoms with Crippen LogP contribution in [0.25, 0.3) is 50.6 Å². The summed E-state index contributed by atoms with van der Waals surface area (Å²) in [5, 5.41) is 62.0. The summed E-state index contributed by atoms with van der Waals surface area (Å²) in [6.45, 7) is 8.07. The Bertz CT molecular complexity index is 5150. The molecule has 6 aliphatic heterocycles. The second kappa shape index (κ2) is 28.0. The van der Waals surface area contributed by atoms with Gasteiger partial charge in [0.25, 0.3) is 17.7 Å². The van der Waals surface area contributed by atoms with Crippen molar-refractivity contribution in [3.05, 3.63) is 208 Å². The van der Waals surface area contributed by atoms with E-state index in [1.54, 1.807) is 46.0 Å². The summed E-state index contributed by atoms with van der Waals surface area (Å²) >= 11 is 6.11. The number of aliphatic hydroxyl groups is 3. The van der Waals surface area contributed by atoms with Crippen LogP contribution in [0.2, 0.25) is 5.02 Å². The standard InChI is InChI=1S/C26H22FN7O2.C25H23ClN6O2.C25H25N7O2/c27-24-15(11-28)5-10-34-21(14-30-25(24)34)18-2-3-20(23-19(18)13-31-26(23)36)32-22-4-1-16(12-29-22)33-8-6-17(35)7-9-33;26-15-5-10-32-21(14-28-23(32)11-15)18-2-3-20(24-19(18)13-29-25(24)34)30-22-4-1-16(12-27-22)31-8-6-17(33)7-9-31;1-15-10-27-24-20(13-29-32(24)14-15)18-3-4-21(23-19(18)12-28-25(23)34)30-22-5-2-16(11-26-22)31-8-6-17(33)7-9-31/h1-5,10,12,14,17,35H,6-9,13H2,(H,29,32)(H,31,36);1-5,10-12,14,17,33H,6-9,13H2,(H,27,30)(H,29,34);2-5,10-11,13-14,17,33H,6-9,12H2,1H3,(H,26,30)(H,28,34). The van der Waals surface area contributed by atoms with Crippen LogP contribution in [0, 0.1) is 24.1 Å². The van der Waals surface area contributed by atoms with E-state index in [-0.39, 0.29) is 47.2 Å². The van der Waals surface area contributed by atoms with Gasteiger partial charge in [0, 0.05) is 111 Å².